The smallest absolute Gasteiger partial charge is 0.410 e. The van der Waals surface area contributed by atoms with E-state index in [9.17, 15) is 4.79 Å². The molecule has 0 fully saturated rings. The maximum atomic E-state index is 12.2. The first-order chi connectivity index (χ1) is 11.7. The van der Waals surface area contributed by atoms with Crippen LogP contribution >= 0.6 is 0 Å². The standard InChI is InChI=1S/C22H27NO2/c1-15-6-8-18-16(2)7-9-19(20(18)14-15)17-10-12-23(13-11-17)21(24)25-22(3,4)5/h6-10,14H,11-13H2,1-5H3. The first-order valence-electron chi connectivity index (χ1n) is 8.92. The molecule has 3 heteroatoms. The van der Waals surface area contributed by atoms with Crippen molar-refractivity contribution in [3.05, 3.63) is 53.1 Å². The first kappa shape index (κ1) is 17.5. The van der Waals surface area contributed by atoms with Gasteiger partial charge in [-0.1, -0.05) is 42.0 Å². The highest BCUT2D eigenvalue weighted by Crippen LogP contribution is 2.32. The third-order valence-electron chi connectivity index (χ3n) is 4.60. The Morgan fingerprint density at radius 1 is 1.08 bits per heavy atom. The topological polar surface area (TPSA) is 29.5 Å². The average molecular weight is 337 g/mol. The summed E-state index contributed by atoms with van der Waals surface area (Å²) in [4.78, 5) is 14.0. The van der Waals surface area contributed by atoms with Crippen LogP contribution in [0.15, 0.2) is 36.4 Å². The predicted octanol–water partition coefficient (Wildman–Crippen LogP) is 5.48. The zero-order valence-electron chi connectivity index (χ0n) is 15.8. The van der Waals surface area contributed by atoms with Gasteiger partial charge in [0, 0.05) is 13.1 Å². The molecule has 3 nitrogen and oxygen atoms in total. The van der Waals surface area contributed by atoms with E-state index >= 15 is 0 Å². The van der Waals surface area contributed by atoms with Gasteiger partial charge in [-0.3, -0.25) is 0 Å². The van der Waals surface area contributed by atoms with Gasteiger partial charge < -0.3 is 9.64 Å². The van der Waals surface area contributed by atoms with Crippen molar-refractivity contribution in [2.75, 3.05) is 13.1 Å². The molecular formula is C22H27NO2. The molecule has 0 aromatic heterocycles. The van der Waals surface area contributed by atoms with Gasteiger partial charge in [-0.05, 0) is 68.5 Å². The number of hydrogen-bond acceptors (Lipinski definition) is 2. The monoisotopic (exact) mass is 337 g/mol. The molecular weight excluding hydrogens is 310 g/mol. The van der Waals surface area contributed by atoms with Crippen molar-refractivity contribution in [3.63, 3.8) is 0 Å². The van der Waals surface area contributed by atoms with E-state index in [1.165, 1.54) is 33.0 Å². The maximum absolute atomic E-state index is 12.2. The molecule has 132 valence electrons. The second-order valence-electron chi connectivity index (χ2n) is 7.88. The molecule has 0 aliphatic carbocycles. The fraction of sp³-hybridized carbons (Fsp3) is 0.409. The number of fused-ring (bicyclic) bond motifs is 1. The molecule has 1 aliphatic heterocycles. The number of carbonyl (C=O) groups excluding carboxylic acids is 1. The van der Waals surface area contributed by atoms with Gasteiger partial charge in [0.1, 0.15) is 5.60 Å². The lowest BCUT2D eigenvalue weighted by molar-refractivity contribution is 0.0270. The molecule has 0 unspecified atom stereocenters. The van der Waals surface area contributed by atoms with Gasteiger partial charge in [0.15, 0.2) is 0 Å². The summed E-state index contributed by atoms with van der Waals surface area (Å²) >= 11 is 0. The summed E-state index contributed by atoms with van der Waals surface area (Å²) in [6.45, 7) is 11.3. The third-order valence-corrected chi connectivity index (χ3v) is 4.60. The van der Waals surface area contributed by atoms with Crippen LogP contribution in [0.1, 0.15) is 43.9 Å². The number of ether oxygens (including phenoxy) is 1. The highest BCUT2D eigenvalue weighted by atomic mass is 16.6. The molecule has 0 N–H and O–H groups in total. The Bertz CT molecular complexity index is 843. The van der Waals surface area contributed by atoms with Crippen molar-refractivity contribution in [1.29, 1.82) is 0 Å². The Kier molecular flexibility index (Phi) is 4.59. The van der Waals surface area contributed by atoms with Crippen LogP contribution in [-0.2, 0) is 4.74 Å². The molecule has 0 radical (unpaired) electrons. The third kappa shape index (κ3) is 3.87. The van der Waals surface area contributed by atoms with Gasteiger partial charge in [-0.15, -0.1) is 0 Å². The zero-order valence-corrected chi connectivity index (χ0v) is 15.8. The van der Waals surface area contributed by atoms with E-state index in [2.05, 4.69) is 50.3 Å². The second kappa shape index (κ2) is 6.55. The molecule has 1 aliphatic rings. The van der Waals surface area contributed by atoms with E-state index in [4.69, 9.17) is 4.74 Å². The largest absolute Gasteiger partial charge is 0.444 e. The molecule has 25 heavy (non-hydrogen) atoms. The van der Waals surface area contributed by atoms with Crippen LogP contribution in [0.3, 0.4) is 0 Å². The van der Waals surface area contributed by atoms with Crippen LogP contribution in [0.5, 0.6) is 0 Å². The predicted molar refractivity (Wildman–Crippen MR) is 104 cm³/mol. The van der Waals surface area contributed by atoms with Gasteiger partial charge >= 0.3 is 6.09 Å². The maximum Gasteiger partial charge on any atom is 0.410 e. The highest BCUT2D eigenvalue weighted by Gasteiger charge is 2.24. The van der Waals surface area contributed by atoms with Crippen molar-refractivity contribution in [2.45, 2.75) is 46.6 Å². The summed E-state index contributed by atoms with van der Waals surface area (Å²) in [5.74, 6) is 0. The lowest BCUT2D eigenvalue weighted by atomic mass is 9.91. The van der Waals surface area contributed by atoms with Crippen molar-refractivity contribution < 1.29 is 9.53 Å². The van der Waals surface area contributed by atoms with Crippen LogP contribution in [0.2, 0.25) is 0 Å². The van der Waals surface area contributed by atoms with Gasteiger partial charge in [-0.2, -0.15) is 0 Å². The molecule has 0 spiro atoms. The van der Waals surface area contributed by atoms with E-state index in [1.807, 2.05) is 20.8 Å². The van der Waals surface area contributed by atoms with Gasteiger partial charge in [0.25, 0.3) is 0 Å². The van der Waals surface area contributed by atoms with Crippen LogP contribution in [-0.4, -0.2) is 29.7 Å². The van der Waals surface area contributed by atoms with E-state index < -0.39 is 5.60 Å². The molecule has 2 aromatic carbocycles. The minimum absolute atomic E-state index is 0.229. The van der Waals surface area contributed by atoms with Crippen molar-refractivity contribution in [2.24, 2.45) is 0 Å². The fourth-order valence-corrected chi connectivity index (χ4v) is 3.30. The second-order valence-corrected chi connectivity index (χ2v) is 7.88. The van der Waals surface area contributed by atoms with E-state index in [-0.39, 0.29) is 6.09 Å². The number of benzene rings is 2. The highest BCUT2D eigenvalue weighted by molar-refractivity contribution is 5.96. The lowest BCUT2D eigenvalue weighted by Gasteiger charge is -2.30. The Balaban J connectivity index is 1.87. The summed E-state index contributed by atoms with van der Waals surface area (Å²) in [7, 11) is 0. The number of nitrogens with zero attached hydrogens (tertiary/aromatic N) is 1. The molecule has 0 bridgehead atoms. The van der Waals surface area contributed by atoms with Gasteiger partial charge in [-0.25, -0.2) is 4.79 Å². The normalized spacial score (nSPS) is 15.2. The van der Waals surface area contributed by atoms with Crippen molar-refractivity contribution in [3.8, 4) is 0 Å². The molecule has 0 saturated carbocycles. The number of hydrogen-bond donors (Lipinski definition) is 0. The first-order valence-corrected chi connectivity index (χ1v) is 8.92. The summed E-state index contributed by atoms with van der Waals surface area (Å²) in [6, 6.07) is 11.0. The Morgan fingerprint density at radius 2 is 1.84 bits per heavy atom. The number of rotatable bonds is 1. The Labute approximate surface area is 150 Å². The number of amides is 1. The Hall–Kier alpha value is -2.29. The van der Waals surface area contributed by atoms with Gasteiger partial charge in [0.05, 0.1) is 0 Å². The molecule has 0 atom stereocenters. The van der Waals surface area contributed by atoms with E-state index in [0.717, 1.165) is 6.42 Å². The molecule has 0 saturated heterocycles. The summed E-state index contributed by atoms with van der Waals surface area (Å²) in [5.41, 5.74) is 4.71. The van der Waals surface area contributed by atoms with E-state index in [0.29, 0.717) is 13.1 Å². The zero-order chi connectivity index (χ0) is 18.2. The van der Waals surface area contributed by atoms with Gasteiger partial charge in [0.2, 0.25) is 0 Å². The number of carbonyl (C=O) groups is 1. The summed E-state index contributed by atoms with van der Waals surface area (Å²) in [6.07, 6.45) is 2.79. The molecule has 2 aromatic rings. The fourth-order valence-electron chi connectivity index (χ4n) is 3.30. The van der Waals surface area contributed by atoms with Crippen LogP contribution in [0.4, 0.5) is 4.79 Å². The minimum atomic E-state index is -0.453. The van der Waals surface area contributed by atoms with Crippen LogP contribution in [0.25, 0.3) is 16.3 Å². The molecule has 1 heterocycles. The SMILES string of the molecule is Cc1ccc2c(C)ccc(C3=CCN(C(=O)OC(C)(C)C)CC3)c2c1. The molecule has 1 amide bonds. The van der Waals surface area contributed by atoms with Crippen LogP contribution in [0, 0.1) is 13.8 Å². The van der Waals surface area contributed by atoms with Crippen molar-refractivity contribution in [1.82, 2.24) is 4.90 Å². The number of aryl methyl sites for hydroxylation is 2. The Morgan fingerprint density at radius 3 is 2.48 bits per heavy atom. The van der Waals surface area contributed by atoms with Crippen molar-refractivity contribution >= 4 is 22.4 Å². The average Bonchev–Trinajstić information content (AvgIpc) is 2.54. The van der Waals surface area contributed by atoms with Crippen LogP contribution < -0.4 is 0 Å². The summed E-state index contributed by atoms with van der Waals surface area (Å²) in [5, 5.41) is 2.61. The molecule has 3 rings (SSSR count). The minimum Gasteiger partial charge on any atom is -0.444 e. The lowest BCUT2D eigenvalue weighted by Crippen LogP contribution is -2.39. The van der Waals surface area contributed by atoms with E-state index in [1.54, 1.807) is 4.90 Å². The quantitative estimate of drug-likeness (QED) is 0.689. The summed E-state index contributed by atoms with van der Waals surface area (Å²) < 4.78 is 5.48.